The molecule has 0 saturated carbocycles. The number of ketones is 1. The summed E-state index contributed by atoms with van der Waals surface area (Å²) in [5.74, 6) is -0.213. The highest BCUT2D eigenvalue weighted by Gasteiger charge is 2.43. The molecule has 4 heteroatoms. The first-order chi connectivity index (χ1) is 15.8. The first-order valence-corrected chi connectivity index (χ1v) is 12.7. The van der Waals surface area contributed by atoms with E-state index in [2.05, 4.69) is 49.1 Å². The van der Waals surface area contributed by atoms with Gasteiger partial charge in [-0.3, -0.25) is 4.79 Å². The van der Waals surface area contributed by atoms with Gasteiger partial charge < -0.3 is 14.7 Å². The lowest BCUT2D eigenvalue weighted by Gasteiger charge is -2.34. The third-order valence-electron chi connectivity index (χ3n) is 7.45. The van der Waals surface area contributed by atoms with Crippen LogP contribution in [0, 0.1) is 0 Å². The highest BCUT2D eigenvalue weighted by molar-refractivity contribution is 6.03. The van der Waals surface area contributed by atoms with Gasteiger partial charge in [0.25, 0.3) is 0 Å². The number of unbranched alkanes of at least 4 members (excludes halogenated alkanes) is 2. The largest absolute Gasteiger partial charge is 0.382 e. The highest BCUT2D eigenvalue weighted by atomic mass is 16.5. The van der Waals surface area contributed by atoms with Crippen LogP contribution in [0.5, 0.6) is 0 Å². The summed E-state index contributed by atoms with van der Waals surface area (Å²) in [4.78, 5) is 15.4. The Balaban J connectivity index is 1.87. The van der Waals surface area contributed by atoms with Crippen molar-refractivity contribution in [3.05, 3.63) is 53.1 Å². The van der Waals surface area contributed by atoms with Crippen molar-refractivity contribution in [1.82, 2.24) is 0 Å². The van der Waals surface area contributed by atoms with Crippen molar-refractivity contribution in [1.29, 1.82) is 0 Å². The Kier molecular flexibility index (Phi) is 6.97. The predicted molar refractivity (Wildman–Crippen MR) is 135 cm³/mol. The Morgan fingerprint density at radius 3 is 2.12 bits per heavy atom. The summed E-state index contributed by atoms with van der Waals surface area (Å²) in [5.41, 5.74) is 5.65. The maximum absolute atomic E-state index is 13.0. The summed E-state index contributed by atoms with van der Waals surface area (Å²) < 4.78 is 5.58. The van der Waals surface area contributed by atoms with Crippen LogP contribution in [-0.2, 0) is 10.2 Å². The lowest BCUT2D eigenvalue weighted by atomic mass is 9.70. The smallest absolute Gasteiger partial charge is 0.193 e. The van der Waals surface area contributed by atoms with E-state index in [1.807, 2.05) is 6.07 Å². The lowest BCUT2D eigenvalue weighted by molar-refractivity contribution is 0.0488. The minimum absolute atomic E-state index is 0.0884. The number of ether oxygens (including phenoxy) is 1. The summed E-state index contributed by atoms with van der Waals surface area (Å²) in [5, 5.41) is 10.4. The molecule has 178 valence electrons. The van der Waals surface area contributed by atoms with Crippen LogP contribution in [-0.4, -0.2) is 42.8 Å². The molecular formula is C29H39NO3. The van der Waals surface area contributed by atoms with E-state index >= 15 is 0 Å². The van der Waals surface area contributed by atoms with Crippen molar-refractivity contribution in [2.45, 2.75) is 77.2 Å². The summed E-state index contributed by atoms with van der Waals surface area (Å²) in [7, 11) is 0. The second kappa shape index (κ2) is 9.60. The van der Waals surface area contributed by atoms with Gasteiger partial charge in [-0.2, -0.15) is 0 Å². The van der Waals surface area contributed by atoms with E-state index in [9.17, 15) is 9.90 Å². The normalized spacial score (nSPS) is 17.1. The van der Waals surface area contributed by atoms with Crippen molar-refractivity contribution < 1.29 is 14.6 Å². The number of hydrogen-bond donors (Lipinski definition) is 1. The lowest BCUT2D eigenvalue weighted by Crippen LogP contribution is -2.36. The molecule has 0 atom stereocenters. The van der Waals surface area contributed by atoms with E-state index < -0.39 is 5.60 Å². The fourth-order valence-electron chi connectivity index (χ4n) is 5.62. The molecule has 0 aromatic heterocycles. The zero-order valence-electron chi connectivity index (χ0n) is 20.7. The zero-order chi connectivity index (χ0) is 23.6. The van der Waals surface area contributed by atoms with Crippen molar-refractivity contribution in [2.75, 3.05) is 31.2 Å². The molecule has 33 heavy (non-hydrogen) atoms. The van der Waals surface area contributed by atoms with Crippen LogP contribution in [0.1, 0.15) is 87.7 Å². The molecule has 1 N–H and O–H groups in total. The van der Waals surface area contributed by atoms with Crippen LogP contribution < -0.4 is 4.90 Å². The van der Waals surface area contributed by atoms with Gasteiger partial charge >= 0.3 is 0 Å². The maximum atomic E-state index is 13.0. The van der Waals surface area contributed by atoms with Gasteiger partial charge in [0, 0.05) is 29.8 Å². The average Bonchev–Trinajstić information content (AvgIpc) is 3.09. The number of benzene rings is 2. The Labute approximate surface area is 199 Å². The fraction of sp³-hybridized carbons (Fsp3) is 0.552. The number of carbonyl (C=O) groups is 1. The van der Waals surface area contributed by atoms with Crippen LogP contribution in [0.15, 0.2) is 36.4 Å². The Bertz CT molecular complexity index is 990. The zero-order valence-corrected chi connectivity index (χ0v) is 20.7. The van der Waals surface area contributed by atoms with Crippen molar-refractivity contribution >= 4 is 11.5 Å². The number of hydrogen-bond acceptors (Lipinski definition) is 4. The van der Waals surface area contributed by atoms with Crippen LogP contribution in [0.3, 0.4) is 0 Å². The van der Waals surface area contributed by atoms with Crippen LogP contribution >= 0.6 is 0 Å². The molecular weight excluding hydrogens is 410 g/mol. The molecule has 0 radical (unpaired) electrons. The summed E-state index contributed by atoms with van der Waals surface area (Å²) in [6, 6.07) is 13.1. The van der Waals surface area contributed by atoms with Gasteiger partial charge in [0.2, 0.25) is 0 Å². The van der Waals surface area contributed by atoms with Crippen LogP contribution in [0.25, 0.3) is 11.1 Å². The summed E-state index contributed by atoms with van der Waals surface area (Å²) >= 11 is 0. The number of fused-ring (bicyclic) bond motifs is 3. The van der Waals surface area contributed by atoms with E-state index in [1.165, 1.54) is 27.9 Å². The van der Waals surface area contributed by atoms with Gasteiger partial charge in [-0.1, -0.05) is 57.7 Å². The molecule has 0 unspecified atom stereocenters. The van der Waals surface area contributed by atoms with Gasteiger partial charge in [-0.05, 0) is 67.1 Å². The highest BCUT2D eigenvalue weighted by Crippen LogP contribution is 2.55. The predicted octanol–water partition coefficient (Wildman–Crippen LogP) is 6.12. The summed E-state index contributed by atoms with van der Waals surface area (Å²) in [6.07, 6.45) is 6.74. The van der Waals surface area contributed by atoms with Crippen molar-refractivity contribution in [3.8, 4) is 11.1 Å². The van der Waals surface area contributed by atoms with E-state index in [0.29, 0.717) is 5.56 Å². The van der Waals surface area contributed by atoms with E-state index in [1.54, 1.807) is 13.8 Å². The molecule has 0 bridgehead atoms. The molecule has 1 aliphatic heterocycles. The molecule has 0 spiro atoms. The number of aliphatic hydroxyl groups is 1. The number of nitrogens with zero attached hydrogens (tertiary/aromatic N) is 1. The van der Waals surface area contributed by atoms with E-state index in [4.69, 9.17) is 4.74 Å². The monoisotopic (exact) mass is 449 g/mol. The van der Waals surface area contributed by atoms with E-state index in [0.717, 1.165) is 64.8 Å². The third kappa shape index (κ3) is 4.48. The molecule has 1 saturated heterocycles. The molecule has 0 amide bonds. The minimum Gasteiger partial charge on any atom is -0.382 e. The number of carbonyl (C=O) groups excluding carboxylic acids is 1. The molecule has 2 aromatic rings. The molecule has 1 fully saturated rings. The Hall–Kier alpha value is -2.17. The Morgan fingerprint density at radius 1 is 0.970 bits per heavy atom. The van der Waals surface area contributed by atoms with Crippen LogP contribution in [0.4, 0.5) is 5.69 Å². The van der Waals surface area contributed by atoms with Gasteiger partial charge in [-0.25, -0.2) is 0 Å². The molecule has 1 aliphatic carbocycles. The second-order valence-corrected chi connectivity index (χ2v) is 10.3. The topological polar surface area (TPSA) is 49.8 Å². The third-order valence-corrected chi connectivity index (χ3v) is 7.45. The number of rotatable bonds is 9. The first-order valence-electron chi connectivity index (χ1n) is 12.7. The standard InChI is InChI=1S/C29H39NO3/c1-5-7-13-29(14-8-6-2)25-19-21(27(31)28(3,4)32)9-11-23(25)24-12-10-22(20-26(24)29)30-15-17-33-18-16-30/h9-12,19-20,32H,5-8,13-18H2,1-4H3. The molecule has 2 aromatic carbocycles. The van der Waals surface area contributed by atoms with Gasteiger partial charge in [0.1, 0.15) is 5.60 Å². The number of morpholine rings is 1. The molecule has 4 rings (SSSR count). The van der Waals surface area contributed by atoms with Gasteiger partial charge in [-0.15, -0.1) is 0 Å². The number of Topliss-reactive ketones (excluding diaryl/α,β-unsaturated/α-hetero) is 1. The molecule has 2 aliphatic rings. The maximum Gasteiger partial charge on any atom is 0.193 e. The SMILES string of the molecule is CCCCC1(CCCC)c2cc(C(=O)C(C)(C)O)ccc2-c2ccc(N3CCOCC3)cc21. The van der Waals surface area contributed by atoms with Crippen molar-refractivity contribution in [3.63, 3.8) is 0 Å². The quantitative estimate of drug-likeness (QED) is 0.468. The van der Waals surface area contributed by atoms with Gasteiger partial charge in [0.05, 0.1) is 13.2 Å². The minimum atomic E-state index is -1.38. The molecule has 1 heterocycles. The first kappa shape index (κ1) is 24.0. The molecule has 4 nitrogen and oxygen atoms in total. The Morgan fingerprint density at radius 2 is 1.55 bits per heavy atom. The fourth-order valence-corrected chi connectivity index (χ4v) is 5.62. The number of anilines is 1. The van der Waals surface area contributed by atoms with Gasteiger partial charge in [0.15, 0.2) is 5.78 Å². The van der Waals surface area contributed by atoms with E-state index in [-0.39, 0.29) is 11.2 Å². The van der Waals surface area contributed by atoms with Crippen LogP contribution in [0.2, 0.25) is 0 Å². The second-order valence-electron chi connectivity index (χ2n) is 10.3. The van der Waals surface area contributed by atoms with Crippen molar-refractivity contribution in [2.24, 2.45) is 0 Å². The summed E-state index contributed by atoms with van der Waals surface area (Å²) in [6.45, 7) is 11.1. The average molecular weight is 450 g/mol.